The highest BCUT2D eigenvalue weighted by Crippen LogP contribution is 2.42. The van der Waals surface area contributed by atoms with Gasteiger partial charge in [0.05, 0.1) is 16.1 Å². The summed E-state index contributed by atoms with van der Waals surface area (Å²) >= 11 is 1.29. The summed E-state index contributed by atoms with van der Waals surface area (Å²) in [6.07, 6.45) is 4.02. The second-order valence-electron chi connectivity index (χ2n) is 5.92. The first-order chi connectivity index (χ1) is 9.91. The number of Topliss-reactive ketones (excluding diaryl/α,β-unsaturated/α-hetero) is 1. The molecule has 1 fully saturated rings. The van der Waals surface area contributed by atoms with Crippen LogP contribution in [-0.2, 0) is 0 Å². The van der Waals surface area contributed by atoms with E-state index in [2.05, 4.69) is 17.6 Å². The molecule has 4 N–H and O–H groups in total. The third-order valence-electron chi connectivity index (χ3n) is 4.21. The number of thiophene rings is 1. The molecule has 116 valence electrons. The van der Waals surface area contributed by atoms with Crippen molar-refractivity contribution in [3.8, 4) is 0 Å². The molecule has 6 heteroatoms. The molecule has 0 unspecified atom stereocenters. The average molecular weight is 309 g/mol. The molecule has 1 aromatic heterocycles. The number of hydrogen-bond acceptors (Lipinski definition) is 5. The second kappa shape index (κ2) is 6.05. The van der Waals surface area contributed by atoms with Crippen molar-refractivity contribution in [3.05, 3.63) is 10.4 Å². The van der Waals surface area contributed by atoms with Gasteiger partial charge in [-0.3, -0.25) is 9.59 Å². The Morgan fingerprint density at radius 2 is 2.05 bits per heavy atom. The Morgan fingerprint density at radius 3 is 2.52 bits per heavy atom. The molecule has 0 aliphatic heterocycles. The summed E-state index contributed by atoms with van der Waals surface area (Å²) in [5, 5.41) is 6.64. The van der Waals surface area contributed by atoms with E-state index in [9.17, 15) is 9.59 Å². The molecule has 1 aliphatic rings. The van der Waals surface area contributed by atoms with Gasteiger partial charge in [0.2, 0.25) is 0 Å². The molecule has 0 aromatic carbocycles. The lowest BCUT2D eigenvalue weighted by Gasteiger charge is -2.38. The first kappa shape index (κ1) is 15.8. The lowest BCUT2D eigenvalue weighted by Crippen LogP contribution is -2.33. The van der Waals surface area contributed by atoms with E-state index < -0.39 is 0 Å². The van der Waals surface area contributed by atoms with Crippen LogP contribution in [0.2, 0.25) is 0 Å². The zero-order chi connectivity index (χ0) is 15.6. The van der Waals surface area contributed by atoms with Gasteiger partial charge in [-0.15, -0.1) is 11.3 Å². The molecule has 1 amide bonds. The van der Waals surface area contributed by atoms with Crippen molar-refractivity contribution in [2.45, 2.75) is 39.5 Å². The highest BCUT2D eigenvalue weighted by Gasteiger charge is 2.32. The van der Waals surface area contributed by atoms with Crippen LogP contribution in [0.15, 0.2) is 0 Å². The summed E-state index contributed by atoms with van der Waals surface area (Å²) in [6.45, 7) is 4.83. The van der Waals surface area contributed by atoms with Gasteiger partial charge < -0.3 is 16.4 Å². The third-order valence-corrected chi connectivity index (χ3v) is 5.41. The number of rotatable bonds is 6. The van der Waals surface area contributed by atoms with Gasteiger partial charge >= 0.3 is 0 Å². The molecule has 2 rings (SSSR count). The maximum Gasteiger partial charge on any atom is 0.256 e. The van der Waals surface area contributed by atoms with Crippen LogP contribution in [0.25, 0.3) is 0 Å². The number of nitrogen functional groups attached to an aromatic ring is 1. The molecule has 21 heavy (non-hydrogen) atoms. The standard InChI is InChI=1S/C15H23N3O2S/c1-4-9(19)12-11(16)10(13(20)17-3)14(21-12)18-8-15(2)6-5-7-15/h18H,4-8,16H2,1-3H3,(H,17,20). The van der Waals surface area contributed by atoms with Crippen molar-refractivity contribution >= 4 is 33.7 Å². The maximum atomic E-state index is 12.1. The first-order valence-corrected chi connectivity index (χ1v) is 8.15. The highest BCUT2D eigenvalue weighted by atomic mass is 32.1. The second-order valence-corrected chi connectivity index (χ2v) is 6.94. The minimum Gasteiger partial charge on any atom is -0.397 e. The number of anilines is 2. The van der Waals surface area contributed by atoms with Gasteiger partial charge in [-0.25, -0.2) is 0 Å². The number of nitrogens with two attached hydrogens (primary N) is 1. The Balaban J connectivity index is 2.29. The van der Waals surface area contributed by atoms with E-state index in [4.69, 9.17) is 5.73 Å². The molecule has 0 saturated heterocycles. The molecule has 0 bridgehead atoms. The number of nitrogens with one attached hydrogen (secondary N) is 2. The number of carbonyl (C=O) groups is 2. The van der Waals surface area contributed by atoms with Crippen molar-refractivity contribution in [3.63, 3.8) is 0 Å². The van der Waals surface area contributed by atoms with Crippen molar-refractivity contribution in [1.29, 1.82) is 0 Å². The summed E-state index contributed by atoms with van der Waals surface area (Å²) in [7, 11) is 1.57. The Bertz CT molecular complexity index is 562. The molecule has 5 nitrogen and oxygen atoms in total. The van der Waals surface area contributed by atoms with Crippen LogP contribution in [0.3, 0.4) is 0 Å². The average Bonchev–Trinajstić information content (AvgIpc) is 2.78. The highest BCUT2D eigenvalue weighted by molar-refractivity contribution is 7.19. The summed E-state index contributed by atoms with van der Waals surface area (Å²) < 4.78 is 0. The number of carbonyl (C=O) groups excluding carboxylic acids is 2. The fourth-order valence-electron chi connectivity index (χ4n) is 2.54. The van der Waals surface area contributed by atoms with Gasteiger partial charge in [0.15, 0.2) is 5.78 Å². The molecule has 1 aliphatic carbocycles. The third kappa shape index (κ3) is 3.05. The minimum absolute atomic E-state index is 0.0226. The molecular formula is C15H23N3O2S. The van der Waals surface area contributed by atoms with Crippen molar-refractivity contribution in [2.75, 3.05) is 24.6 Å². The monoisotopic (exact) mass is 309 g/mol. The Hall–Kier alpha value is -1.56. The molecule has 1 heterocycles. The van der Waals surface area contributed by atoms with Crippen molar-refractivity contribution in [2.24, 2.45) is 5.41 Å². The molecule has 0 spiro atoms. The van der Waals surface area contributed by atoms with Crippen LogP contribution in [0, 0.1) is 5.41 Å². The molecule has 1 aromatic rings. The Morgan fingerprint density at radius 1 is 1.38 bits per heavy atom. The topological polar surface area (TPSA) is 84.2 Å². The van der Waals surface area contributed by atoms with Crippen molar-refractivity contribution < 1.29 is 9.59 Å². The van der Waals surface area contributed by atoms with Crippen LogP contribution in [0.1, 0.15) is 59.6 Å². The van der Waals surface area contributed by atoms with E-state index in [0.717, 1.165) is 6.54 Å². The van der Waals surface area contributed by atoms with Gasteiger partial charge in [-0.1, -0.05) is 20.3 Å². The molecule has 1 saturated carbocycles. The SMILES string of the molecule is CCC(=O)c1sc(NCC2(C)CCC2)c(C(=O)NC)c1N. The minimum atomic E-state index is -0.250. The van der Waals surface area contributed by atoms with Gasteiger partial charge in [0.1, 0.15) is 5.00 Å². The predicted octanol–water partition coefficient (Wildman–Crippen LogP) is 2.88. The normalized spacial score (nSPS) is 16.1. The van der Waals surface area contributed by atoms with Crippen molar-refractivity contribution in [1.82, 2.24) is 5.32 Å². The van der Waals surface area contributed by atoms with E-state index in [1.165, 1.54) is 30.6 Å². The summed E-state index contributed by atoms with van der Waals surface area (Å²) in [5.41, 5.74) is 7.02. The molecule has 0 atom stereocenters. The van der Waals surface area contributed by atoms with Crippen LogP contribution >= 0.6 is 11.3 Å². The van der Waals surface area contributed by atoms with E-state index in [-0.39, 0.29) is 17.1 Å². The van der Waals surface area contributed by atoms with E-state index in [1.807, 2.05) is 0 Å². The van der Waals surface area contributed by atoms with Gasteiger partial charge in [-0.2, -0.15) is 0 Å². The van der Waals surface area contributed by atoms with Crippen LogP contribution < -0.4 is 16.4 Å². The van der Waals surface area contributed by atoms with Crippen LogP contribution in [0.4, 0.5) is 10.7 Å². The zero-order valence-electron chi connectivity index (χ0n) is 12.8. The van der Waals surface area contributed by atoms with Crippen LogP contribution in [0.5, 0.6) is 0 Å². The number of amides is 1. The quantitative estimate of drug-likeness (QED) is 0.705. The molecular weight excluding hydrogens is 286 g/mol. The number of hydrogen-bond donors (Lipinski definition) is 3. The number of ketones is 1. The summed E-state index contributed by atoms with van der Waals surface area (Å²) in [4.78, 5) is 24.5. The Kier molecular flexibility index (Phi) is 4.56. The zero-order valence-corrected chi connectivity index (χ0v) is 13.7. The fourth-order valence-corrected chi connectivity index (χ4v) is 3.66. The first-order valence-electron chi connectivity index (χ1n) is 7.33. The Labute approximate surface area is 129 Å². The summed E-state index contributed by atoms with van der Waals surface area (Å²) in [5.74, 6) is -0.272. The largest absolute Gasteiger partial charge is 0.397 e. The maximum absolute atomic E-state index is 12.1. The predicted molar refractivity (Wildman–Crippen MR) is 87.2 cm³/mol. The smallest absolute Gasteiger partial charge is 0.256 e. The van der Waals surface area contributed by atoms with Gasteiger partial charge in [-0.05, 0) is 18.3 Å². The summed E-state index contributed by atoms with van der Waals surface area (Å²) in [6, 6.07) is 0. The van der Waals surface area contributed by atoms with Crippen LogP contribution in [-0.4, -0.2) is 25.3 Å². The van der Waals surface area contributed by atoms with E-state index in [1.54, 1.807) is 14.0 Å². The van der Waals surface area contributed by atoms with E-state index >= 15 is 0 Å². The van der Waals surface area contributed by atoms with Gasteiger partial charge in [0.25, 0.3) is 5.91 Å². The lowest BCUT2D eigenvalue weighted by atomic mass is 9.70. The fraction of sp³-hybridized carbons (Fsp3) is 0.600. The van der Waals surface area contributed by atoms with Gasteiger partial charge in [0, 0.05) is 20.0 Å². The lowest BCUT2D eigenvalue weighted by molar-refractivity contribution is 0.0964. The van der Waals surface area contributed by atoms with E-state index in [0.29, 0.717) is 27.5 Å². The molecule has 0 radical (unpaired) electrons.